The molecule has 1 unspecified atom stereocenters. The number of ether oxygens (including phenoxy) is 1. The molecule has 1 atom stereocenters. The minimum Gasteiger partial charge on any atom is -0.481 e. The number of pyridine rings is 1. The number of aromatic nitrogens is 1. The van der Waals surface area contributed by atoms with E-state index >= 15 is 0 Å². The molecule has 0 saturated carbocycles. The standard InChI is InChI=1S/C20H20.C6H7NO/c1-2-14-7-5-8-16-11-12-18-17-9-4-3-6-15(17)10-13-19(18)20(14)16;1-8-6-4-2-3-5-7-6/h3-4,6,8-12,14H,2,5,7,13H2,1H3;2-5H,1H3. The molecule has 2 aromatic carbocycles. The fourth-order valence-corrected chi connectivity index (χ4v) is 4.41. The molecule has 2 heteroatoms. The van der Waals surface area contributed by atoms with Crippen molar-refractivity contribution in [2.24, 2.45) is 0 Å². The Balaban J connectivity index is 0.000000203. The topological polar surface area (TPSA) is 22.1 Å². The first kappa shape index (κ1) is 18.5. The van der Waals surface area contributed by atoms with Crippen LogP contribution in [-0.4, -0.2) is 12.1 Å². The highest BCUT2D eigenvalue weighted by Crippen LogP contribution is 2.29. The lowest BCUT2D eigenvalue weighted by Gasteiger charge is -2.24. The Labute approximate surface area is 166 Å². The van der Waals surface area contributed by atoms with Gasteiger partial charge in [0.15, 0.2) is 0 Å². The van der Waals surface area contributed by atoms with Gasteiger partial charge in [-0.2, -0.15) is 0 Å². The monoisotopic (exact) mass is 369 g/mol. The Morgan fingerprint density at radius 3 is 2.54 bits per heavy atom. The number of nitrogens with zero attached hydrogens (tertiary/aromatic N) is 1. The summed E-state index contributed by atoms with van der Waals surface area (Å²) in [5.74, 6) is 1.41. The predicted molar refractivity (Wildman–Crippen MR) is 115 cm³/mol. The van der Waals surface area contributed by atoms with Crippen molar-refractivity contribution in [3.63, 3.8) is 0 Å². The highest BCUT2D eigenvalue weighted by molar-refractivity contribution is 5.48. The molecule has 0 spiro atoms. The molecule has 0 aliphatic heterocycles. The van der Waals surface area contributed by atoms with Crippen LogP contribution in [0, 0.1) is 10.4 Å². The summed E-state index contributed by atoms with van der Waals surface area (Å²) in [5.41, 5.74) is 3.23. The first-order chi connectivity index (χ1) is 13.8. The van der Waals surface area contributed by atoms with Gasteiger partial charge >= 0.3 is 0 Å². The molecule has 0 amide bonds. The predicted octanol–water partition coefficient (Wildman–Crippen LogP) is 4.47. The van der Waals surface area contributed by atoms with Gasteiger partial charge in [0.1, 0.15) is 0 Å². The molecule has 0 fully saturated rings. The fourth-order valence-electron chi connectivity index (χ4n) is 4.41. The second-order valence-corrected chi connectivity index (χ2v) is 7.35. The molecule has 142 valence electrons. The van der Waals surface area contributed by atoms with Gasteiger partial charge in [-0.25, -0.2) is 4.98 Å². The second-order valence-electron chi connectivity index (χ2n) is 7.35. The van der Waals surface area contributed by atoms with Crippen molar-refractivity contribution in [3.05, 3.63) is 92.8 Å². The summed E-state index contributed by atoms with van der Waals surface area (Å²) in [7, 11) is 1.60. The third-order valence-corrected chi connectivity index (χ3v) is 5.80. The minimum absolute atomic E-state index is 0.660. The van der Waals surface area contributed by atoms with Gasteiger partial charge in [0.25, 0.3) is 0 Å². The average Bonchev–Trinajstić information content (AvgIpc) is 2.79. The summed E-state index contributed by atoms with van der Waals surface area (Å²) < 4.78 is 4.80. The molecule has 3 aromatic rings. The molecule has 1 heterocycles. The van der Waals surface area contributed by atoms with E-state index in [1.807, 2.05) is 12.1 Å². The Hall–Kier alpha value is -2.87. The van der Waals surface area contributed by atoms with Gasteiger partial charge < -0.3 is 4.74 Å². The highest BCUT2D eigenvalue weighted by atomic mass is 16.5. The van der Waals surface area contributed by atoms with Crippen LogP contribution in [0.25, 0.3) is 12.2 Å². The van der Waals surface area contributed by atoms with Crippen molar-refractivity contribution in [2.75, 3.05) is 7.11 Å². The van der Waals surface area contributed by atoms with E-state index in [2.05, 4.69) is 60.5 Å². The highest BCUT2D eigenvalue weighted by Gasteiger charge is 2.19. The van der Waals surface area contributed by atoms with Crippen LogP contribution in [0.15, 0.2) is 60.8 Å². The van der Waals surface area contributed by atoms with Gasteiger partial charge in [-0.05, 0) is 69.7 Å². The third-order valence-electron chi connectivity index (χ3n) is 5.80. The first-order valence-corrected chi connectivity index (χ1v) is 10.2. The Morgan fingerprint density at radius 1 is 0.929 bits per heavy atom. The molecule has 1 aromatic heterocycles. The van der Waals surface area contributed by atoms with Gasteiger partial charge in [0.2, 0.25) is 5.88 Å². The summed E-state index contributed by atoms with van der Waals surface area (Å²) in [6.45, 7) is 2.33. The summed E-state index contributed by atoms with van der Waals surface area (Å²) in [4.78, 5) is 3.88. The van der Waals surface area contributed by atoms with E-state index in [4.69, 9.17) is 4.74 Å². The van der Waals surface area contributed by atoms with E-state index in [-0.39, 0.29) is 0 Å². The van der Waals surface area contributed by atoms with E-state index in [9.17, 15) is 0 Å². The number of benzene rings is 2. The summed E-state index contributed by atoms with van der Waals surface area (Å²) in [6.07, 6.45) is 11.4. The van der Waals surface area contributed by atoms with E-state index in [1.54, 1.807) is 30.5 Å². The number of methoxy groups -OCH3 is 1. The van der Waals surface area contributed by atoms with E-state index < -0.39 is 0 Å². The maximum atomic E-state index is 4.80. The van der Waals surface area contributed by atoms with E-state index in [1.165, 1.54) is 40.1 Å². The fraction of sp³-hybridized carbons (Fsp3) is 0.269. The number of rotatable bonds is 2. The smallest absolute Gasteiger partial charge is 0.212 e. The normalized spacial score (nSPS) is 16.1. The zero-order valence-corrected chi connectivity index (χ0v) is 16.7. The molecule has 5 rings (SSSR count). The van der Waals surface area contributed by atoms with Crippen molar-refractivity contribution in [3.8, 4) is 5.88 Å². The van der Waals surface area contributed by atoms with Crippen LogP contribution in [0.4, 0.5) is 0 Å². The Bertz CT molecular complexity index is 1170. The number of hydrogen-bond acceptors (Lipinski definition) is 2. The van der Waals surface area contributed by atoms with Crippen LogP contribution in [-0.2, 0) is 6.42 Å². The van der Waals surface area contributed by atoms with Gasteiger partial charge in [0.05, 0.1) is 7.11 Å². The largest absolute Gasteiger partial charge is 0.481 e. The lowest BCUT2D eigenvalue weighted by atomic mass is 9.81. The summed E-state index contributed by atoms with van der Waals surface area (Å²) in [6, 6.07) is 19.0. The van der Waals surface area contributed by atoms with Crippen molar-refractivity contribution in [1.29, 1.82) is 0 Å². The Morgan fingerprint density at radius 2 is 1.79 bits per heavy atom. The molecule has 0 bridgehead atoms. The van der Waals surface area contributed by atoms with Gasteiger partial charge in [-0.3, -0.25) is 0 Å². The lowest BCUT2D eigenvalue weighted by Crippen LogP contribution is -2.22. The third kappa shape index (κ3) is 3.60. The van der Waals surface area contributed by atoms with Crippen LogP contribution < -0.4 is 15.2 Å². The van der Waals surface area contributed by atoms with Crippen LogP contribution in [0.1, 0.15) is 43.2 Å². The molecule has 2 aliphatic rings. The van der Waals surface area contributed by atoms with Gasteiger partial charge in [-0.1, -0.05) is 61.5 Å². The number of fused-ring (bicyclic) bond motifs is 4. The van der Waals surface area contributed by atoms with E-state index in [0.29, 0.717) is 5.88 Å². The van der Waals surface area contributed by atoms with Crippen LogP contribution in [0.5, 0.6) is 5.88 Å². The molecule has 28 heavy (non-hydrogen) atoms. The van der Waals surface area contributed by atoms with Crippen molar-refractivity contribution in [1.82, 2.24) is 4.98 Å². The zero-order chi connectivity index (χ0) is 19.3. The van der Waals surface area contributed by atoms with E-state index in [0.717, 1.165) is 12.3 Å². The van der Waals surface area contributed by atoms with Crippen LogP contribution >= 0.6 is 0 Å². The lowest BCUT2D eigenvalue weighted by molar-refractivity contribution is 0.398. The molecular weight excluding hydrogens is 342 g/mol. The maximum Gasteiger partial charge on any atom is 0.212 e. The molecular formula is C26H27NO. The Kier molecular flexibility index (Phi) is 5.57. The maximum absolute atomic E-state index is 4.80. The molecule has 0 N–H and O–H groups in total. The minimum atomic E-state index is 0.660. The quantitative estimate of drug-likeness (QED) is 0.665. The van der Waals surface area contributed by atoms with Gasteiger partial charge in [-0.15, -0.1) is 0 Å². The molecule has 2 nitrogen and oxygen atoms in total. The molecule has 2 aliphatic carbocycles. The van der Waals surface area contributed by atoms with Crippen molar-refractivity contribution < 1.29 is 4.74 Å². The van der Waals surface area contributed by atoms with Crippen LogP contribution in [0.2, 0.25) is 0 Å². The summed E-state index contributed by atoms with van der Waals surface area (Å²) in [5, 5.41) is 5.77. The van der Waals surface area contributed by atoms with Crippen molar-refractivity contribution in [2.45, 2.75) is 38.5 Å². The van der Waals surface area contributed by atoms with Crippen molar-refractivity contribution >= 4 is 12.2 Å². The molecule has 0 radical (unpaired) electrons. The average molecular weight is 370 g/mol. The van der Waals surface area contributed by atoms with Gasteiger partial charge in [0, 0.05) is 12.3 Å². The first-order valence-electron chi connectivity index (χ1n) is 10.2. The zero-order valence-electron chi connectivity index (χ0n) is 16.7. The summed E-state index contributed by atoms with van der Waals surface area (Å²) >= 11 is 0. The molecule has 0 saturated heterocycles. The SMILES string of the molecule is CCC1CCC=c2ccc3c(c21)CC=c1ccccc1=3.COc1ccccn1. The number of hydrogen-bond donors (Lipinski definition) is 0. The second kappa shape index (κ2) is 8.43. The van der Waals surface area contributed by atoms with Crippen LogP contribution in [0.3, 0.4) is 0 Å².